The van der Waals surface area contributed by atoms with Crippen LogP contribution in [0.15, 0.2) is 22.7 Å². The molecular weight excluding hydrogens is 276 g/mol. The Kier molecular flexibility index (Phi) is 4.10. The summed E-state index contributed by atoms with van der Waals surface area (Å²) < 4.78 is 1.24. The van der Waals surface area contributed by atoms with E-state index in [0.717, 1.165) is 13.1 Å². The van der Waals surface area contributed by atoms with E-state index in [4.69, 9.17) is 0 Å². The lowest BCUT2D eigenvalue weighted by molar-refractivity contribution is 0.402. The highest BCUT2D eigenvalue weighted by molar-refractivity contribution is 9.10. The monoisotopic (exact) mass is 296 g/mol. The zero-order valence-corrected chi connectivity index (χ0v) is 12.4. The van der Waals surface area contributed by atoms with Gasteiger partial charge in [-0.2, -0.15) is 0 Å². The number of anilines is 1. The first-order valence-corrected chi connectivity index (χ1v) is 7.18. The molecule has 0 aliphatic carbocycles. The highest BCUT2D eigenvalue weighted by Crippen LogP contribution is 2.32. The number of halogens is 1. The molecule has 1 aromatic carbocycles. The van der Waals surface area contributed by atoms with Crippen LogP contribution in [-0.2, 0) is 0 Å². The molecule has 1 aromatic rings. The first-order chi connectivity index (χ1) is 8.13. The average Bonchev–Trinajstić information content (AvgIpc) is 2.33. The Morgan fingerprint density at radius 3 is 2.94 bits per heavy atom. The summed E-state index contributed by atoms with van der Waals surface area (Å²) in [6.07, 6.45) is 1.18. The van der Waals surface area contributed by atoms with E-state index >= 15 is 0 Å². The van der Waals surface area contributed by atoms with Crippen LogP contribution in [0.4, 0.5) is 5.69 Å². The number of piperazine rings is 1. The largest absolute Gasteiger partial charge is 0.365 e. The van der Waals surface area contributed by atoms with Crippen LogP contribution in [0.3, 0.4) is 0 Å². The molecule has 1 aliphatic rings. The third-order valence-corrected chi connectivity index (χ3v) is 4.60. The Labute approximate surface area is 113 Å². The van der Waals surface area contributed by atoms with E-state index < -0.39 is 0 Å². The molecule has 0 amide bonds. The lowest BCUT2D eigenvalue weighted by Crippen LogP contribution is -2.55. The Morgan fingerprint density at radius 1 is 1.47 bits per heavy atom. The van der Waals surface area contributed by atoms with Crippen LogP contribution in [0, 0.1) is 6.92 Å². The van der Waals surface area contributed by atoms with Crippen molar-refractivity contribution in [2.24, 2.45) is 0 Å². The zero-order valence-electron chi connectivity index (χ0n) is 10.8. The van der Waals surface area contributed by atoms with E-state index in [2.05, 4.69) is 65.1 Å². The van der Waals surface area contributed by atoms with Crippen LogP contribution in [0.5, 0.6) is 0 Å². The summed E-state index contributed by atoms with van der Waals surface area (Å²) in [4.78, 5) is 2.54. The fourth-order valence-electron chi connectivity index (χ4n) is 2.47. The van der Waals surface area contributed by atoms with Gasteiger partial charge in [-0.1, -0.05) is 19.1 Å². The van der Waals surface area contributed by atoms with Gasteiger partial charge < -0.3 is 10.2 Å². The molecule has 94 valence electrons. The molecule has 1 fully saturated rings. The Balaban J connectivity index is 2.32. The van der Waals surface area contributed by atoms with Crippen molar-refractivity contribution in [2.75, 3.05) is 18.0 Å². The van der Waals surface area contributed by atoms with Gasteiger partial charge in [0.1, 0.15) is 0 Å². The fourth-order valence-corrected chi connectivity index (χ4v) is 2.96. The number of hydrogen-bond acceptors (Lipinski definition) is 2. The highest BCUT2D eigenvalue weighted by Gasteiger charge is 2.25. The Hall–Kier alpha value is -0.540. The van der Waals surface area contributed by atoms with E-state index in [-0.39, 0.29) is 0 Å². The van der Waals surface area contributed by atoms with Crippen LogP contribution in [-0.4, -0.2) is 25.2 Å². The molecule has 0 saturated carbocycles. The molecule has 0 bridgehead atoms. The number of nitrogens with one attached hydrogen (secondary N) is 1. The summed E-state index contributed by atoms with van der Waals surface area (Å²) >= 11 is 3.73. The van der Waals surface area contributed by atoms with Gasteiger partial charge in [-0.05, 0) is 47.8 Å². The first-order valence-electron chi connectivity index (χ1n) is 6.38. The molecule has 2 rings (SSSR count). The maximum absolute atomic E-state index is 3.73. The van der Waals surface area contributed by atoms with E-state index in [1.165, 1.54) is 22.1 Å². The van der Waals surface area contributed by atoms with Gasteiger partial charge in [0, 0.05) is 29.6 Å². The number of aryl methyl sites for hydroxylation is 1. The van der Waals surface area contributed by atoms with Crippen molar-refractivity contribution in [3.63, 3.8) is 0 Å². The van der Waals surface area contributed by atoms with E-state index in [1.807, 2.05) is 0 Å². The standard InChI is InChI=1S/C14H21BrN2/c1-4-12-8-16-11(3)9-17(12)13-7-5-6-10(2)14(13)15/h5-7,11-12,16H,4,8-9H2,1-3H3. The van der Waals surface area contributed by atoms with Crippen LogP contribution in [0.2, 0.25) is 0 Å². The van der Waals surface area contributed by atoms with Crippen LogP contribution < -0.4 is 10.2 Å². The van der Waals surface area contributed by atoms with Gasteiger partial charge in [0.15, 0.2) is 0 Å². The zero-order chi connectivity index (χ0) is 12.4. The summed E-state index contributed by atoms with van der Waals surface area (Å²) in [5, 5.41) is 3.56. The SMILES string of the molecule is CCC1CNC(C)CN1c1cccc(C)c1Br. The second kappa shape index (κ2) is 5.40. The second-order valence-electron chi connectivity index (χ2n) is 4.93. The van der Waals surface area contributed by atoms with E-state index in [0.29, 0.717) is 12.1 Å². The van der Waals surface area contributed by atoms with Crippen molar-refractivity contribution >= 4 is 21.6 Å². The topological polar surface area (TPSA) is 15.3 Å². The molecule has 1 N–H and O–H groups in total. The quantitative estimate of drug-likeness (QED) is 0.900. The molecule has 3 heteroatoms. The fraction of sp³-hybridized carbons (Fsp3) is 0.571. The van der Waals surface area contributed by atoms with Gasteiger partial charge in [0.2, 0.25) is 0 Å². The molecule has 1 heterocycles. The van der Waals surface area contributed by atoms with Gasteiger partial charge in [-0.25, -0.2) is 0 Å². The van der Waals surface area contributed by atoms with Crippen LogP contribution >= 0.6 is 15.9 Å². The Morgan fingerprint density at radius 2 is 2.24 bits per heavy atom. The molecule has 2 nitrogen and oxygen atoms in total. The summed E-state index contributed by atoms with van der Waals surface area (Å²) in [5.41, 5.74) is 2.65. The Bertz CT molecular complexity index is 392. The minimum Gasteiger partial charge on any atom is -0.365 e. The highest BCUT2D eigenvalue weighted by atomic mass is 79.9. The molecule has 2 unspecified atom stereocenters. The van der Waals surface area contributed by atoms with Crippen molar-refractivity contribution < 1.29 is 0 Å². The van der Waals surface area contributed by atoms with Gasteiger partial charge >= 0.3 is 0 Å². The van der Waals surface area contributed by atoms with Crippen molar-refractivity contribution in [1.29, 1.82) is 0 Å². The maximum atomic E-state index is 3.73. The first kappa shape index (κ1) is 12.9. The predicted octanol–water partition coefficient (Wildman–Crippen LogP) is 3.33. The third-order valence-electron chi connectivity index (χ3n) is 3.57. The summed E-state index contributed by atoms with van der Waals surface area (Å²) in [6, 6.07) is 7.68. The molecular formula is C14H21BrN2. The van der Waals surface area contributed by atoms with Gasteiger partial charge in [0.05, 0.1) is 5.69 Å². The van der Waals surface area contributed by atoms with Gasteiger partial charge in [-0.15, -0.1) is 0 Å². The summed E-state index contributed by atoms with van der Waals surface area (Å²) in [7, 11) is 0. The number of nitrogens with zero attached hydrogens (tertiary/aromatic N) is 1. The number of hydrogen-bond donors (Lipinski definition) is 1. The summed E-state index contributed by atoms with van der Waals surface area (Å²) in [6.45, 7) is 8.83. The molecule has 0 aromatic heterocycles. The molecule has 2 atom stereocenters. The van der Waals surface area contributed by atoms with Crippen molar-refractivity contribution in [2.45, 2.75) is 39.3 Å². The van der Waals surface area contributed by atoms with E-state index in [1.54, 1.807) is 0 Å². The van der Waals surface area contributed by atoms with Crippen molar-refractivity contribution in [3.8, 4) is 0 Å². The molecule has 17 heavy (non-hydrogen) atoms. The normalized spacial score (nSPS) is 25.1. The number of rotatable bonds is 2. The van der Waals surface area contributed by atoms with E-state index in [9.17, 15) is 0 Å². The molecule has 1 aliphatic heterocycles. The molecule has 1 saturated heterocycles. The lowest BCUT2D eigenvalue weighted by Gasteiger charge is -2.41. The molecule has 0 radical (unpaired) electrons. The van der Waals surface area contributed by atoms with Crippen LogP contribution in [0.1, 0.15) is 25.8 Å². The smallest absolute Gasteiger partial charge is 0.0516 e. The minimum absolute atomic E-state index is 0.560. The van der Waals surface area contributed by atoms with Gasteiger partial charge in [-0.3, -0.25) is 0 Å². The van der Waals surface area contributed by atoms with Crippen molar-refractivity contribution in [1.82, 2.24) is 5.32 Å². The number of benzene rings is 1. The predicted molar refractivity (Wildman–Crippen MR) is 77.8 cm³/mol. The van der Waals surface area contributed by atoms with Gasteiger partial charge in [0.25, 0.3) is 0 Å². The third kappa shape index (κ3) is 2.66. The molecule has 0 spiro atoms. The average molecular weight is 297 g/mol. The lowest BCUT2D eigenvalue weighted by atomic mass is 10.1. The van der Waals surface area contributed by atoms with Crippen molar-refractivity contribution in [3.05, 3.63) is 28.2 Å². The minimum atomic E-state index is 0.560. The summed E-state index contributed by atoms with van der Waals surface area (Å²) in [5.74, 6) is 0. The second-order valence-corrected chi connectivity index (χ2v) is 5.72. The van der Waals surface area contributed by atoms with Crippen LogP contribution in [0.25, 0.3) is 0 Å². The maximum Gasteiger partial charge on any atom is 0.0516 e.